The summed E-state index contributed by atoms with van der Waals surface area (Å²) in [7, 11) is 1.63. The highest BCUT2D eigenvalue weighted by Gasteiger charge is 2.17. The zero-order valence-corrected chi connectivity index (χ0v) is 8.45. The second-order valence-corrected chi connectivity index (χ2v) is 3.32. The zero-order valence-electron chi connectivity index (χ0n) is 8.45. The van der Waals surface area contributed by atoms with Gasteiger partial charge in [0.05, 0.1) is 5.56 Å². The second kappa shape index (κ2) is 3.84. The number of carbonyl (C=O) groups is 1. The van der Waals surface area contributed by atoms with Crippen molar-refractivity contribution in [3.05, 3.63) is 53.6 Å². The van der Waals surface area contributed by atoms with E-state index in [0.29, 0.717) is 6.07 Å². The highest BCUT2D eigenvalue weighted by molar-refractivity contribution is 6.06. The number of hydrogen-bond acceptors (Lipinski definition) is 2. The highest BCUT2D eigenvalue weighted by Crippen LogP contribution is 2.13. The Kier molecular flexibility index (Phi) is 2.52. The van der Waals surface area contributed by atoms with Crippen molar-refractivity contribution in [1.82, 2.24) is 9.55 Å². The third kappa shape index (κ3) is 1.71. The van der Waals surface area contributed by atoms with Gasteiger partial charge in [0.2, 0.25) is 5.78 Å². The maximum absolute atomic E-state index is 13.3. The molecule has 82 valence electrons. The lowest BCUT2D eigenvalue weighted by Crippen LogP contribution is -2.10. The Bertz CT molecular complexity index is 549. The van der Waals surface area contributed by atoms with Crippen LogP contribution in [-0.2, 0) is 7.05 Å². The molecule has 3 nitrogen and oxygen atoms in total. The lowest BCUT2D eigenvalue weighted by atomic mass is 10.1. The van der Waals surface area contributed by atoms with Crippen molar-refractivity contribution in [3.8, 4) is 0 Å². The fraction of sp³-hybridized carbons (Fsp3) is 0.0909. The predicted molar refractivity (Wildman–Crippen MR) is 53.0 cm³/mol. The molecule has 0 atom stereocenters. The van der Waals surface area contributed by atoms with Crippen molar-refractivity contribution < 1.29 is 13.6 Å². The molecular formula is C11H8F2N2O. The number of ketones is 1. The number of rotatable bonds is 2. The standard InChI is InChI=1S/C11H8F2N2O/c1-15-5-4-14-11(15)10(16)8-3-2-7(12)6-9(8)13/h2-6H,1H3. The Balaban J connectivity index is 2.46. The predicted octanol–water partition coefficient (Wildman–Crippen LogP) is 1.93. The molecule has 0 bridgehead atoms. The van der Waals surface area contributed by atoms with E-state index < -0.39 is 17.4 Å². The van der Waals surface area contributed by atoms with Gasteiger partial charge in [-0.05, 0) is 12.1 Å². The first-order valence-electron chi connectivity index (χ1n) is 4.56. The van der Waals surface area contributed by atoms with Crippen LogP contribution in [0.5, 0.6) is 0 Å². The van der Waals surface area contributed by atoms with Crippen LogP contribution in [0.15, 0.2) is 30.6 Å². The Morgan fingerprint density at radius 2 is 2.12 bits per heavy atom. The molecule has 0 aliphatic rings. The van der Waals surface area contributed by atoms with Crippen LogP contribution in [-0.4, -0.2) is 15.3 Å². The van der Waals surface area contributed by atoms with E-state index in [1.807, 2.05) is 0 Å². The number of aromatic nitrogens is 2. The number of aryl methyl sites for hydroxylation is 1. The molecule has 0 amide bonds. The topological polar surface area (TPSA) is 34.9 Å². The molecule has 1 aromatic heterocycles. The van der Waals surface area contributed by atoms with Gasteiger partial charge in [0.25, 0.3) is 0 Å². The van der Waals surface area contributed by atoms with E-state index in [2.05, 4.69) is 4.98 Å². The number of hydrogen-bond donors (Lipinski definition) is 0. The molecule has 5 heteroatoms. The van der Waals surface area contributed by atoms with Crippen LogP contribution in [0.25, 0.3) is 0 Å². The molecule has 1 aromatic carbocycles. The Morgan fingerprint density at radius 3 is 2.69 bits per heavy atom. The maximum Gasteiger partial charge on any atom is 0.231 e. The van der Waals surface area contributed by atoms with Gasteiger partial charge in [-0.25, -0.2) is 13.8 Å². The van der Waals surface area contributed by atoms with E-state index in [-0.39, 0.29) is 11.4 Å². The first-order valence-corrected chi connectivity index (χ1v) is 4.56. The van der Waals surface area contributed by atoms with E-state index in [0.717, 1.165) is 12.1 Å². The van der Waals surface area contributed by atoms with Gasteiger partial charge in [-0.1, -0.05) is 0 Å². The van der Waals surface area contributed by atoms with Crippen molar-refractivity contribution in [1.29, 1.82) is 0 Å². The number of nitrogens with zero attached hydrogens (tertiary/aromatic N) is 2. The zero-order chi connectivity index (χ0) is 11.7. The van der Waals surface area contributed by atoms with Gasteiger partial charge in [0.15, 0.2) is 5.82 Å². The molecule has 0 saturated heterocycles. The van der Waals surface area contributed by atoms with Gasteiger partial charge in [0, 0.05) is 25.5 Å². The van der Waals surface area contributed by atoms with E-state index in [1.54, 1.807) is 13.2 Å². The first-order chi connectivity index (χ1) is 7.59. The highest BCUT2D eigenvalue weighted by atomic mass is 19.1. The minimum atomic E-state index is -0.881. The van der Waals surface area contributed by atoms with Gasteiger partial charge < -0.3 is 4.57 Å². The Morgan fingerprint density at radius 1 is 1.38 bits per heavy atom. The van der Waals surface area contributed by atoms with Crippen LogP contribution in [0.1, 0.15) is 16.2 Å². The molecular weight excluding hydrogens is 214 g/mol. The summed E-state index contributed by atoms with van der Waals surface area (Å²) < 4.78 is 27.5. The van der Waals surface area contributed by atoms with Crippen molar-refractivity contribution >= 4 is 5.78 Å². The van der Waals surface area contributed by atoms with E-state index in [4.69, 9.17) is 0 Å². The quantitative estimate of drug-likeness (QED) is 0.728. The van der Waals surface area contributed by atoms with Crippen molar-refractivity contribution in [2.75, 3.05) is 0 Å². The fourth-order valence-corrected chi connectivity index (χ4v) is 1.38. The van der Waals surface area contributed by atoms with Crippen molar-refractivity contribution in [2.24, 2.45) is 7.05 Å². The molecule has 0 aliphatic heterocycles. The van der Waals surface area contributed by atoms with E-state index in [9.17, 15) is 13.6 Å². The third-order valence-corrected chi connectivity index (χ3v) is 2.20. The fourth-order valence-electron chi connectivity index (χ4n) is 1.38. The van der Waals surface area contributed by atoms with Crippen molar-refractivity contribution in [3.63, 3.8) is 0 Å². The largest absolute Gasteiger partial charge is 0.331 e. The summed E-state index contributed by atoms with van der Waals surface area (Å²) in [5, 5.41) is 0. The van der Waals surface area contributed by atoms with Crippen LogP contribution in [0.4, 0.5) is 8.78 Å². The average molecular weight is 222 g/mol. The third-order valence-electron chi connectivity index (χ3n) is 2.20. The van der Waals surface area contributed by atoms with Crippen LogP contribution >= 0.6 is 0 Å². The van der Waals surface area contributed by atoms with Crippen LogP contribution in [0.2, 0.25) is 0 Å². The second-order valence-electron chi connectivity index (χ2n) is 3.32. The minimum Gasteiger partial charge on any atom is -0.331 e. The molecule has 0 fully saturated rings. The molecule has 1 heterocycles. The van der Waals surface area contributed by atoms with Crippen LogP contribution in [0.3, 0.4) is 0 Å². The summed E-state index contributed by atoms with van der Waals surface area (Å²) >= 11 is 0. The van der Waals surface area contributed by atoms with Gasteiger partial charge >= 0.3 is 0 Å². The van der Waals surface area contributed by atoms with Crippen LogP contribution in [0, 0.1) is 11.6 Å². The molecule has 2 rings (SSSR count). The maximum atomic E-state index is 13.3. The van der Waals surface area contributed by atoms with E-state index >= 15 is 0 Å². The summed E-state index contributed by atoms with van der Waals surface area (Å²) in [4.78, 5) is 15.6. The average Bonchev–Trinajstić information content (AvgIpc) is 2.63. The summed E-state index contributed by atoms with van der Waals surface area (Å²) in [6, 6.07) is 2.83. The molecule has 16 heavy (non-hydrogen) atoms. The SMILES string of the molecule is Cn1ccnc1C(=O)c1ccc(F)cc1F. The normalized spacial score (nSPS) is 10.4. The van der Waals surface area contributed by atoms with Crippen molar-refractivity contribution in [2.45, 2.75) is 0 Å². The van der Waals surface area contributed by atoms with Gasteiger partial charge in [-0.3, -0.25) is 4.79 Å². The number of carbonyl (C=O) groups excluding carboxylic acids is 1. The number of halogens is 2. The minimum absolute atomic E-state index is 0.116. The monoisotopic (exact) mass is 222 g/mol. The molecule has 0 radical (unpaired) electrons. The molecule has 0 saturated carbocycles. The van der Waals surface area contributed by atoms with E-state index in [1.165, 1.54) is 10.8 Å². The smallest absolute Gasteiger partial charge is 0.231 e. The van der Waals surface area contributed by atoms with Crippen LogP contribution < -0.4 is 0 Å². The van der Waals surface area contributed by atoms with Gasteiger partial charge in [0.1, 0.15) is 11.6 Å². The summed E-state index contributed by atoms with van der Waals surface area (Å²) in [5.74, 6) is -2.04. The summed E-state index contributed by atoms with van der Waals surface area (Å²) in [5.41, 5.74) is -0.185. The Labute approximate surface area is 90.3 Å². The van der Waals surface area contributed by atoms with Gasteiger partial charge in [-0.2, -0.15) is 0 Å². The molecule has 2 aromatic rings. The molecule has 0 N–H and O–H groups in total. The van der Waals surface area contributed by atoms with Gasteiger partial charge in [-0.15, -0.1) is 0 Å². The lowest BCUT2D eigenvalue weighted by molar-refractivity contribution is 0.102. The number of benzene rings is 1. The lowest BCUT2D eigenvalue weighted by Gasteiger charge is -2.02. The first kappa shape index (κ1) is 10.5. The number of imidazole rings is 1. The Hall–Kier alpha value is -2.04. The summed E-state index contributed by atoms with van der Waals surface area (Å²) in [6.45, 7) is 0. The molecule has 0 unspecified atom stereocenters. The molecule has 0 spiro atoms. The molecule has 0 aliphatic carbocycles. The summed E-state index contributed by atoms with van der Waals surface area (Å²) in [6.07, 6.45) is 3.02.